The predicted octanol–water partition coefficient (Wildman–Crippen LogP) is 2.98. The summed E-state index contributed by atoms with van der Waals surface area (Å²) in [5, 5.41) is 9.74. The Morgan fingerprint density at radius 1 is 0.933 bits per heavy atom. The van der Waals surface area contributed by atoms with E-state index in [1.807, 2.05) is 60.7 Å². The zero-order valence-corrected chi connectivity index (χ0v) is 17.3. The quantitative estimate of drug-likeness (QED) is 0.605. The van der Waals surface area contributed by atoms with Gasteiger partial charge in [-0.15, -0.1) is 0 Å². The van der Waals surface area contributed by atoms with Crippen molar-refractivity contribution in [3.63, 3.8) is 0 Å². The molecule has 162 valence electrons. The van der Waals surface area contributed by atoms with Crippen molar-refractivity contribution in [2.24, 2.45) is 0 Å². The summed E-state index contributed by atoms with van der Waals surface area (Å²) in [5.41, 5.74) is 1.86. The minimum absolute atomic E-state index is 0.233. The first kappa shape index (κ1) is 22.7. The van der Waals surface area contributed by atoms with Crippen LogP contribution in [-0.4, -0.2) is 48.4 Å². The number of halogens is 1. The van der Waals surface area contributed by atoms with Crippen molar-refractivity contribution in [3.05, 3.63) is 71.8 Å². The second-order valence-electron chi connectivity index (χ2n) is 6.91. The van der Waals surface area contributed by atoms with Crippen LogP contribution in [0.15, 0.2) is 60.7 Å². The van der Waals surface area contributed by atoms with E-state index in [4.69, 9.17) is 35.1 Å². The molecule has 1 saturated heterocycles. The molecule has 2 aromatic carbocycles. The van der Waals surface area contributed by atoms with E-state index in [-0.39, 0.29) is 13.2 Å². The summed E-state index contributed by atoms with van der Waals surface area (Å²) < 4.78 is 28.3. The van der Waals surface area contributed by atoms with Gasteiger partial charge in [0.2, 0.25) is 6.29 Å². The molecule has 1 aliphatic rings. The van der Waals surface area contributed by atoms with Crippen LogP contribution in [0, 0.1) is 0 Å². The summed E-state index contributed by atoms with van der Waals surface area (Å²) in [6.45, 7) is 1.36. The SMILES string of the molecule is CC(=O)OC1O[C@H](CO)[C@@H](OCl)[C@H](OCc2ccccc2)[C@H]1OCc1ccccc1. The fourth-order valence-corrected chi connectivity index (χ4v) is 3.51. The summed E-state index contributed by atoms with van der Waals surface area (Å²) in [7, 11) is 0. The topological polar surface area (TPSA) is 83.5 Å². The van der Waals surface area contributed by atoms with E-state index in [1.54, 1.807) is 0 Å². The van der Waals surface area contributed by atoms with E-state index in [1.165, 1.54) is 6.92 Å². The second-order valence-corrected chi connectivity index (χ2v) is 7.09. The maximum absolute atomic E-state index is 11.6. The molecule has 1 fully saturated rings. The number of aliphatic hydroxyl groups is 1. The maximum atomic E-state index is 11.6. The monoisotopic (exact) mass is 436 g/mol. The van der Waals surface area contributed by atoms with Crippen molar-refractivity contribution in [1.29, 1.82) is 0 Å². The standard InChI is InChI=1S/C22H25ClO7/c1-15(25)28-22-21(27-14-17-10-6-3-7-11-17)20(19(30-23)18(12-24)29-22)26-13-16-8-4-2-5-9-16/h2-11,18-22,24H,12-14H2,1H3/t18-,19-,20+,21-,22?/m1/s1. The molecule has 0 radical (unpaired) electrons. The Balaban J connectivity index is 1.82. The van der Waals surface area contributed by atoms with Gasteiger partial charge in [0, 0.05) is 6.92 Å². The van der Waals surface area contributed by atoms with Gasteiger partial charge >= 0.3 is 5.97 Å². The first-order valence-corrected chi connectivity index (χ1v) is 9.95. The number of esters is 1. The average molecular weight is 437 g/mol. The predicted molar refractivity (Wildman–Crippen MR) is 108 cm³/mol. The number of carbonyl (C=O) groups excluding carboxylic acids is 1. The first-order valence-electron chi connectivity index (χ1n) is 9.64. The van der Waals surface area contributed by atoms with Crippen LogP contribution in [0.2, 0.25) is 0 Å². The molecule has 1 aliphatic heterocycles. The van der Waals surface area contributed by atoms with Gasteiger partial charge < -0.3 is 24.1 Å². The molecule has 0 bridgehead atoms. The molecule has 0 amide bonds. The lowest BCUT2D eigenvalue weighted by Gasteiger charge is -2.43. The number of ether oxygens (including phenoxy) is 4. The Labute approximate surface area is 180 Å². The number of rotatable bonds is 9. The van der Waals surface area contributed by atoms with Crippen LogP contribution in [0.4, 0.5) is 0 Å². The molecule has 2 aromatic rings. The third-order valence-electron chi connectivity index (χ3n) is 4.73. The molecule has 1 heterocycles. The van der Waals surface area contributed by atoms with E-state index in [9.17, 15) is 9.90 Å². The van der Waals surface area contributed by atoms with Crippen LogP contribution in [0.25, 0.3) is 0 Å². The highest BCUT2D eigenvalue weighted by Gasteiger charge is 2.50. The molecular formula is C22H25ClO7. The molecule has 1 unspecified atom stereocenters. The molecule has 3 rings (SSSR count). The lowest BCUT2D eigenvalue weighted by atomic mass is 9.98. The van der Waals surface area contributed by atoms with E-state index in [0.717, 1.165) is 11.1 Å². The van der Waals surface area contributed by atoms with Crippen LogP contribution < -0.4 is 0 Å². The molecule has 5 atom stereocenters. The average Bonchev–Trinajstić information content (AvgIpc) is 2.77. The molecule has 0 saturated carbocycles. The van der Waals surface area contributed by atoms with Crippen LogP contribution in [-0.2, 0) is 41.2 Å². The van der Waals surface area contributed by atoms with Crippen LogP contribution in [0.5, 0.6) is 0 Å². The smallest absolute Gasteiger partial charge is 0.305 e. The summed E-state index contributed by atoms with van der Waals surface area (Å²) in [6, 6.07) is 19.1. The van der Waals surface area contributed by atoms with Gasteiger partial charge in [0.05, 0.1) is 31.7 Å². The number of hydrogen-bond acceptors (Lipinski definition) is 7. The van der Waals surface area contributed by atoms with Crippen molar-refractivity contribution in [2.75, 3.05) is 6.61 Å². The second kappa shape index (κ2) is 11.4. The van der Waals surface area contributed by atoms with Gasteiger partial charge in [-0.05, 0) is 11.1 Å². The Hall–Kier alpha value is -2.00. The third-order valence-corrected chi connectivity index (χ3v) is 4.93. The highest BCUT2D eigenvalue weighted by molar-refractivity contribution is 6.07. The van der Waals surface area contributed by atoms with Gasteiger partial charge in [0.1, 0.15) is 24.4 Å². The molecular weight excluding hydrogens is 412 g/mol. The molecule has 8 heteroatoms. The number of benzene rings is 2. The van der Waals surface area contributed by atoms with E-state index in [0.29, 0.717) is 0 Å². The fourth-order valence-electron chi connectivity index (χ4n) is 3.29. The van der Waals surface area contributed by atoms with Crippen molar-refractivity contribution in [1.82, 2.24) is 0 Å². The molecule has 0 aromatic heterocycles. The van der Waals surface area contributed by atoms with Crippen LogP contribution in [0.3, 0.4) is 0 Å². The Bertz CT molecular complexity index is 774. The van der Waals surface area contributed by atoms with Gasteiger partial charge in [-0.2, -0.15) is 0 Å². The minimum atomic E-state index is -1.09. The molecule has 1 N–H and O–H groups in total. The zero-order valence-electron chi connectivity index (χ0n) is 16.6. The third kappa shape index (κ3) is 6.01. The summed E-state index contributed by atoms with van der Waals surface area (Å²) in [6.07, 6.45) is -4.38. The first-order chi connectivity index (χ1) is 14.6. The van der Waals surface area contributed by atoms with Gasteiger partial charge in [-0.25, -0.2) is 0 Å². The number of hydrogen-bond donors (Lipinski definition) is 1. The Morgan fingerprint density at radius 3 is 1.93 bits per heavy atom. The largest absolute Gasteiger partial charge is 0.433 e. The number of aliphatic hydroxyl groups excluding tert-OH is 1. The molecule has 0 spiro atoms. The maximum Gasteiger partial charge on any atom is 0.305 e. The van der Waals surface area contributed by atoms with Gasteiger partial charge in [-0.3, -0.25) is 9.08 Å². The summed E-state index contributed by atoms with van der Waals surface area (Å²) >= 11 is 5.73. The van der Waals surface area contributed by atoms with E-state index < -0.39 is 43.3 Å². The van der Waals surface area contributed by atoms with E-state index in [2.05, 4.69) is 0 Å². The number of carbonyl (C=O) groups is 1. The normalized spacial score (nSPS) is 26.3. The van der Waals surface area contributed by atoms with Gasteiger partial charge in [0.25, 0.3) is 0 Å². The summed E-state index contributed by atoms with van der Waals surface area (Å²) in [5.74, 6) is -0.544. The Morgan fingerprint density at radius 2 is 1.47 bits per heavy atom. The van der Waals surface area contributed by atoms with Crippen molar-refractivity contribution in [3.8, 4) is 0 Å². The summed E-state index contributed by atoms with van der Waals surface area (Å²) in [4.78, 5) is 11.6. The van der Waals surface area contributed by atoms with Crippen molar-refractivity contribution < 1.29 is 33.1 Å². The molecule has 0 aliphatic carbocycles. The van der Waals surface area contributed by atoms with Crippen LogP contribution >= 0.6 is 11.9 Å². The van der Waals surface area contributed by atoms with E-state index >= 15 is 0 Å². The van der Waals surface area contributed by atoms with Gasteiger partial charge in [-0.1, -0.05) is 60.7 Å². The zero-order chi connectivity index (χ0) is 21.3. The fraction of sp³-hybridized carbons (Fsp3) is 0.409. The Kier molecular flexibility index (Phi) is 8.62. The lowest BCUT2D eigenvalue weighted by molar-refractivity contribution is -0.306. The highest BCUT2D eigenvalue weighted by atomic mass is 35.5. The minimum Gasteiger partial charge on any atom is -0.433 e. The lowest BCUT2D eigenvalue weighted by Crippen LogP contribution is -2.61. The highest BCUT2D eigenvalue weighted by Crippen LogP contribution is 2.31. The molecule has 30 heavy (non-hydrogen) atoms. The van der Waals surface area contributed by atoms with Gasteiger partial charge in [0.15, 0.2) is 0 Å². The van der Waals surface area contributed by atoms with Crippen LogP contribution in [0.1, 0.15) is 18.1 Å². The van der Waals surface area contributed by atoms with Crippen molar-refractivity contribution in [2.45, 2.75) is 50.8 Å². The van der Waals surface area contributed by atoms with Crippen molar-refractivity contribution >= 4 is 17.8 Å². The molecule has 7 nitrogen and oxygen atoms in total.